The van der Waals surface area contributed by atoms with Crippen molar-refractivity contribution in [2.75, 3.05) is 11.9 Å². The third-order valence-electron chi connectivity index (χ3n) is 3.25. The summed E-state index contributed by atoms with van der Waals surface area (Å²) in [6, 6.07) is 8.19. The van der Waals surface area contributed by atoms with E-state index in [1.54, 1.807) is 0 Å². The van der Waals surface area contributed by atoms with Crippen LogP contribution in [-0.2, 0) is 4.79 Å². The molecule has 2 unspecified atom stereocenters. The number of nitrogens with one attached hydrogen (secondary N) is 2. The number of carbonyl (C=O) groups is 1. The van der Waals surface area contributed by atoms with Crippen LogP contribution in [0.25, 0.3) is 0 Å². The first-order valence-corrected chi connectivity index (χ1v) is 7.27. The molecule has 1 aliphatic rings. The summed E-state index contributed by atoms with van der Waals surface area (Å²) >= 11 is 3.41. The lowest BCUT2D eigenvalue weighted by Crippen LogP contribution is -2.30. The molecule has 1 saturated carbocycles. The van der Waals surface area contributed by atoms with Crippen LogP contribution in [0.1, 0.15) is 26.2 Å². The molecule has 0 bridgehead atoms. The van der Waals surface area contributed by atoms with Gasteiger partial charge in [-0.25, -0.2) is 0 Å². The smallest absolute Gasteiger partial charge is 0.238 e. The van der Waals surface area contributed by atoms with Crippen molar-refractivity contribution in [3.63, 3.8) is 0 Å². The van der Waals surface area contributed by atoms with E-state index in [2.05, 4.69) is 33.5 Å². The number of halogens is 1. The molecular formula is C14H19BrN2O. The van der Waals surface area contributed by atoms with Crippen LogP contribution in [-0.4, -0.2) is 18.5 Å². The highest BCUT2D eigenvalue weighted by atomic mass is 79.9. The molecule has 2 rings (SSSR count). The van der Waals surface area contributed by atoms with E-state index in [0.717, 1.165) is 16.1 Å². The molecule has 1 amide bonds. The molecule has 0 aliphatic heterocycles. The van der Waals surface area contributed by atoms with Crippen molar-refractivity contribution in [2.45, 2.75) is 32.2 Å². The van der Waals surface area contributed by atoms with Crippen LogP contribution >= 0.6 is 15.9 Å². The largest absolute Gasteiger partial charge is 0.324 e. The Labute approximate surface area is 116 Å². The summed E-state index contributed by atoms with van der Waals surface area (Å²) in [5.41, 5.74) is 0.824. The van der Waals surface area contributed by atoms with Gasteiger partial charge < -0.3 is 10.6 Å². The maximum absolute atomic E-state index is 11.8. The lowest BCUT2D eigenvalue weighted by Gasteiger charge is -2.08. The van der Waals surface area contributed by atoms with Gasteiger partial charge in [0.25, 0.3) is 0 Å². The zero-order valence-electron chi connectivity index (χ0n) is 10.6. The fourth-order valence-electron chi connectivity index (χ4n) is 2.17. The lowest BCUT2D eigenvalue weighted by atomic mass is 10.2. The fraction of sp³-hybridized carbons (Fsp3) is 0.500. The highest BCUT2D eigenvalue weighted by molar-refractivity contribution is 9.10. The summed E-state index contributed by atoms with van der Waals surface area (Å²) in [7, 11) is 0. The molecule has 1 fully saturated rings. The number of amides is 1. The van der Waals surface area contributed by atoms with Crippen molar-refractivity contribution in [2.24, 2.45) is 5.92 Å². The first kappa shape index (κ1) is 13.6. The van der Waals surface area contributed by atoms with Crippen LogP contribution < -0.4 is 10.6 Å². The van der Waals surface area contributed by atoms with Crippen molar-refractivity contribution in [3.8, 4) is 0 Å². The average Bonchev–Trinajstić information content (AvgIpc) is 3.09. The van der Waals surface area contributed by atoms with Crippen LogP contribution in [0.3, 0.4) is 0 Å². The van der Waals surface area contributed by atoms with Gasteiger partial charge in [-0.1, -0.05) is 25.5 Å². The Hall–Kier alpha value is -0.870. The van der Waals surface area contributed by atoms with Crippen LogP contribution in [0.15, 0.2) is 28.7 Å². The van der Waals surface area contributed by atoms with E-state index in [-0.39, 0.29) is 5.91 Å². The summed E-state index contributed by atoms with van der Waals surface area (Å²) in [4.78, 5) is 11.8. The minimum Gasteiger partial charge on any atom is -0.324 e. The molecule has 1 aromatic carbocycles. The molecule has 0 aromatic heterocycles. The Morgan fingerprint density at radius 2 is 2.22 bits per heavy atom. The van der Waals surface area contributed by atoms with Crippen molar-refractivity contribution < 1.29 is 4.79 Å². The molecule has 1 aliphatic carbocycles. The van der Waals surface area contributed by atoms with Gasteiger partial charge in [0.2, 0.25) is 5.91 Å². The SMILES string of the molecule is CCCC1CC1NCC(=O)Nc1ccccc1Br. The zero-order chi connectivity index (χ0) is 13.0. The van der Waals surface area contributed by atoms with Crippen LogP contribution in [0.5, 0.6) is 0 Å². The van der Waals surface area contributed by atoms with E-state index in [0.29, 0.717) is 12.6 Å². The Bertz CT molecular complexity index is 422. The maximum Gasteiger partial charge on any atom is 0.238 e. The van der Waals surface area contributed by atoms with E-state index in [1.165, 1.54) is 19.3 Å². The third-order valence-corrected chi connectivity index (χ3v) is 3.95. The molecule has 3 nitrogen and oxygen atoms in total. The molecule has 0 spiro atoms. The first-order chi connectivity index (χ1) is 8.70. The molecule has 0 saturated heterocycles. The standard InChI is InChI=1S/C14H19BrN2O/c1-2-5-10-8-13(10)16-9-14(18)17-12-7-4-3-6-11(12)15/h3-4,6-7,10,13,16H,2,5,8-9H2,1H3,(H,17,18). The Kier molecular flexibility index (Phi) is 4.78. The minimum atomic E-state index is 0.0176. The molecule has 2 atom stereocenters. The van der Waals surface area contributed by atoms with Gasteiger partial charge in [-0.3, -0.25) is 4.79 Å². The van der Waals surface area contributed by atoms with Gasteiger partial charge >= 0.3 is 0 Å². The number of rotatable bonds is 6. The van der Waals surface area contributed by atoms with Gasteiger partial charge in [-0.2, -0.15) is 0 Å². The summed E-state index contributed by atoms with van der Waals surface area (Å²) in [6.45, 7) is 2.60. The van der Waals surface area contributed by atoms with Crippen molar-refractivity contribution >= 4 is 27.5 Å². The van der Waals surface area contributed by atoms with E-state index < -0.39 is 0 Å². The Balaban J connectivity index is 1.72. The van der Waals surface area contributed by atoms with Crippen molar-refractivity contribution in [3.05, 3.63) is 28.7 Å². The fourth-order valence-corrected chi connectivity index (χ4v) is 2.55. The monoisotopic (exact) mass is 310 g/mol. The molecular weight excluding hydrogens is 292 g/mol. The zero-order valence-corrected chi connectivity index (χ0v) is 12.2. The Morgan fingerprint density at radius 1 is 1.44 bits per heavy atom. The number of carbonyl (C=O) groups excluding carboxylic acids is 1. The van der Waals surface area contributed by atoms with Gasteiger partial charge in [0.05, 0.1) is 12.2 Å². The molecule has 2 N–H and O–H groups in total. The lowest BCUT2D eigenvalue weighted by molar-refractivity contribution is -0.115. The molecule has 4 heteroatoms. The number of benzene rings is 1. The van der Waals surface area contributed by atoms with E-state index in [9.17, 15) is 4.79 Å². The van der Waals surface area contributed by atoms with Crippen molar-refractivity contribution in [1.82, 2.24) is 5.32 Å². The first-order valence-electron chi connectivity index (χ1n) is 6.48. The Morgan fingerprint density at radius 3 is 2.94 bits per heavy atom. The number of para-hydroxylation sites is 1. The molecule has 18 heavy (non-hydrogen) atoms. The van der Waals surface area contributed by atoms with Gasteiger partial charge in [-0.15, -0.1) is 0 Å². The molecule has 0 radical (unpaired) electrons. The van der Waals surface area contributed by atoms with Gasteiger partial charge in [0.15, 0.2) is 0 Å². The minimum absolute atomic E-state index is 0.0176. The normalized spacial score (nSPS) is 21.7. The summed E-state index contributed by atoms with van der Waals surface area (Å²) < 4.78 is 0.911. The number of hydrogen-bond acceptors (Lipinski definition) is 2. The molecule has 1 aromatic rings. The van der Waals surface area contributed by atoms with Crippen LogP contribution in [0.4, 0.5) is 5.69 Å². The average molecular weight is 311 g/mol. The van der Waals surface area contributed by atoms with Gasteiger partial charge in [-0.05, 0) is 46.8 Å². The van der Waals surface area contributed by atoms with E-state index >= 15 is 0 Å². The van der Waals surface area contributed by atoms with E-state index in [1.807, 2.05) is 24.3 Å². The van der Waals surface area contributed by atoms with Crippen LogP contribution in [0.2, 0.25) is 0 Å². The van der Waals surface area contributed by atoms with Gasteiger partial charge in [0.1, 0.15) is 0 Å². The highest BCUT2D eigenvalue weighted by Crippen LogP contribution is 2.34. The summed E-state index contributed by atoms with van der Waals surface area (Å²) in [5, 5.41) is 6.20. The summed E-state index contributed by atoms with van der Waals surface area (Å²) in [6.07, 6.45) is 3.71. The second kappa shape index (κ2) is 6.34. The number of anilines is 1. The number of hydrogen-bond donors (Lipinski definition) is 2. The second-order valence-corrected chi connectivity index (χ2v) is 5.65. The second-order valence-electron chi connectivity index (χ2n) is 4.80. The summed E-state index contributed by atoms with van der Waals surface area (Å²) in [5.74, 6) is 0.801. The van der Waals surface area contributed by atoms with Crippen LogP contribution in [0, 0.1) is 5.92 Å². The topological polar surface area (TPSA) is 41.1 Å². The van der Waals surface area contributed by atoms with Crippen molar-refractivity contribution in [1.29, 1.82) is 0 Å². The third kappa shape index (κ3) is 3.82. The maximum atomic E-state index is 11.8. The molecule has 0 heterocycles. The van der Waals surface area contributed by atoms with E-state index in [4.69, 9.17) is 0 Å². The highest BCUT2D eigenvalue weighted by Gasteiger charge is 2.35. The predicted molar refractivity (Wildman–Crippen MR) is 77.6 cm³/mol. The molecule has 98 valence electrons. The predicted octanol–water partition coefficient (Wildman–Crippen LogP) is 3.17. The van der Waals surface area contributed by atoms with Gasteiger partial charge in [0, 0.05) is 10.5 Å². The quantitative estimate of drug-likeness (QED) is 0.847.